The summed E-state index contributed by atoms with van der Waals surface area (Å²) in [4.78, 5) is 10.6. The van der Waals surface area contributed by atoms with Crippen molar-refractivity contribution in [3.05, 3.63) is 11.8 Å². The van der Waals surface area contributed by atoms with E-state index in [4.69, 9.17) is 0 Å². The van der Waals surface area contributed by atoms with Gasteiger partial charge in [0.05, 0.1) is 0 Å². The van der Waals surface area contributed by atoms with Crippen LogP contribution in [-0.4, -0.2) is 30.6 Å². The van der Waals surface area contributed by atoms with E-state index in [0.29, 0.717) is 5.95 Å². The second-order valence-electron chi connectivity index (χ2n) is 3.52. The molecule has 0 saturated carbocycles. The number of aromatic nitrogens is 2. The Morgan fingerprint density at radius 2 is 2.14 bits per heavy atom. The molecule has 1 rings (SSSR count). The van der Waals surface area contributed by atoms with E-state index >= 15 is 0 Å². The molecule has 1 N–H and O–H groups in total. The third-order valence-electron chi connectivity index (χ3n) is 1.90. The Balaban J connectivity index is 2.83. The molecule has 0 aromatic carbocycles. The molecule has 0 spiro atoms. The molecular formula is C10H18N4. The molecule has 4 nitrogen and oxygen atoms in total. The van der Waals surface area contributed by atoms with Crippen molar-refractivity contribution in [2.45, 2.75) is 20.3 Å². The molecule has 0 aliphatic rings. The molecule has 0 bridgehead atoms. The van der Waals surface area contributed by atoms with Crippen LogP contribution in [0.15, 0.2) is 6.20 Å². The summed E-state index contributed by atoms with van der Waals surface area (Å²) in [5.41, 5.74) is 1.09. The maximum absolute atomic E-state index is 4.41. The summed E-state index contributed by atoms with van der Waals surface area (Å²) in [6.45, 7) is 5.04. The van der Waals surface area contributed by atoms with Crippen LogP contribution in [0.3, 0.4) is 0 Å². The highest BCUT2D eigenvalue weighted by Crippen LogP contribution is 2.14. The van der Waals surface area contributed by atoms with Crippen molar-refractivity contribution >= 4 is 11.8 Å². The van der Waals surface area contributed by atoms with Gasteiger partial charge in [-0.05, 0) is 13.3 Å². The van der Waals surface area contributed by atoms with Gasteiger partial charge in [-0.25, -0.2) is 4.98 Å². The summed E-state index contributed by atoms with van der Waals surface area (Å²) in [7, 11) is 3.97. The SMILES string of the molecule is CCCNc1ncc(C)c(N(C)C)n1. The monoisotopic (exact) mass is 194 g/mol. The molecule has 1 aromatic heterocycles. The van der Waals surface area contributed by atoms with Crippen molar-refractivity contribution < 1.29 is 0 Å². The van der Waals surface area contributed by atoms with Gasteiger partial charge in [-0.3, -0.25) is 0 Å². The molecule has 0 aliphatic carbocycles. The summed E-state index contributed by atoms with van der Waals surface area (Å²) in [5, 5.41) is 3.17. The minimum absolute atomic E-state index is 0.709. The molecule has 14 heavy (non-hydrogen) atoms. The Kier molecular flexibility index (Phi) is 3.68. The molecule has 0 amide bonds. The van der Waals surface area contributed by atoms with Crippen LogP contribution in [0.25, 0.3) is 0 Å². The molecule has 0 unspecified atom stereocenters. The molecule has 1 heterocycles. The average Bonchev–Trinajstić information content (AvgIpc) is 2.16. The Morgan fingerprint density at radius 3 is 2.71 bits per heavy atom. The largest absolute Gasteiger partial charge is 0.362 e. The van der Waals surface area contributed by atoms with Crippen molar-refractivity contribution in [2.24, 2.45) is 0 Å². The average molecular weight is 194 g/mol. The number of hydrogen-bond donors (Lipinski definition) is 1. The highest BCUT2D eigenvalue weighted by atomic mass is 15.2. The van der Waals surface area contributed by atoms with E-state index in [2.05, 4.69) is 22.2 Å². The van der Waals surface area contributed by atoms with E-state index in [1.165, 1.54) is 0 Å². The van der Waals surface area contributed by atoms with Gasteiger partial charge in [-0.15, -0.1) is 0 Å². The number of anilines is 2. The Hall–Kier alpha value is -1.32. The van der Waals surface area contributed by atoms with Crippen LogP contribution in [0.1, 0.15) is 18.9 Å². The zero-order chi connectivity index (χ0) is 10.6. The van der Waals surface area contributed by atoms with Gasteiger partial charge < -0.3 is 10.2 Å². The molecule has 78 valence electrons. The van der Waals surface area contributed by atoms with Crippen LogP contribution in [0.4, 0.5) is 11.8 Å². The molecule has 0 aliphatic heterocycles. The first-order valence-corrected chi connectivity index (χ1v) is 4.90. The maximum Gasteiger partial charge on any atom is 0.224 e. The highest BCUT2D eigenvalue weighted by Gasteiger charge is 2.04. The standard InChI is InChI=1S/C10H18N4/c1-5-6-11-10-12-7-8(2)9(13-10)14(3)4/h7H,5-6H2,1-4H3,(H,11,12,13). The van der Waals surface area contributed by atoms with Gasteiger partial charge in [0.25, 0.3) is 0 Å². The van der Waals surface area contributed by atoms with Crippen molar-refractivity contribution in [3.63, 3.8) is 0 Å². The summed E-state index contributed by atoms with van der Waals surface area (Å²) in [6.07, 6.45) is 2.93. The number of nitrogens with zero attached hydrogens (tertiary/aromatic N) is 3. The Bertz CT molecular complexity index is 296. The third-order valence-corrected chi connectivity index (χ3v) is 1.90. The molecule has 0 atom stereocenters. The van der Waals surface area contributed by atoms with Crippen LogP contribution >= 0.6 is 0 Å². The second kappa shape index (κ2) is 4.79. The van der Waals surface area contributed by atoms with Crippen molar-refractivity contribution in [2.75, 3.05) is 30.9 Å². The van der Waals surface area contributed by atoms with E-state index in [1.54, 1.807) is 0 Å². The molecule has 0 fully saturated rings. The van der Waals surface area contributed by atoms with E-state index in [-0.39, 0.29) is 0 Å². The topological polar surface area (TPSA) is 41.1 Å². The van der Waals surface area contributed by atoms with E-state index in [9.17, 15) is 0 Å². The third kappa shape index (κ3) is 2.58. The minimum Gasteiger partial charge on any atom is -0.362 e. The lowest BCUT2D eigenvalue weighted by Crippen LogP contribution is -2.14. The normalized spacial score (nSPS) is 10.0. The van der Waals surface area contributed by atoms with Crippen molar-refractivity contribution in [1.82, 2.24) is 9.97 Å². The highest BCUT2D eigenvalue weighted by molar-refractivity contribution is 5.47. The number of nitrogens with one attached hydrogen (secondary N) is 1. The van der Waals surface area contributed by atoms with Gasteiger partial charge >= 0.3 is 0 Å². The fraction of sp³-hybridized carbons (Fsp3) is 0.600. The van der Waals surface area contributed by atoms with Crippen molar-refractivity contribution in [1.29, 1.82) is 0 Å². The van der Waals surface area contributed by atoms with E-state index in [0.717, 1.165) is 24.3 Å². The van der Waals surface area contributed by atoms with Crippen LogP contribution < -0.4 is 10.2 Å². The number of rotatable bonds is 4. The van der Waals surface area contributed by atoms with Gasteiger partial charge in [0.15, 0.2) is 0 Å². The summed E-state index contributed by atoms with van der Waals surface area (Å²) in [5.74, 6) is 1.68. The summed E-state index contributed by atoms with van der Waals surface area (Å²) < 4.78 is 0. The van der Waals surface area contributed by atoms with Gasteiger partial charge in [0, 0.05) is 32.4 Å². The van der Waals surface area contributed by atoms with E-state index < -0.39 is 0 Å². The maximum atomic E-state index is 4.41. The van der Waals surface area contributed by atoms with Crippen LogP contribution in [0.5, 0.6) is 0 Å². The molecule has 4 heteroatoms. The summed E-state index contributed by atoms with van der Waals surface area (Å²) in [6, 6.07) is 0. The number of hydrogen-bond acceptors (Lipinski definition) is 4. The zero-order valence-electron chi connectivity index (χ0n) is 9.33. The Labute approximate surface area is 85.4 Å². The summed E-state index contributed by atoms with van der Waals surface area (Å²) >= 11 is 0. The zero-order valence-corrected chi connectivity index (χ0v) is 9.33. The van der Waals surface area contributed by atoms with E-state index in [1.807, 2.05) is 32.1 Å². The van der Waals surface area contributed by atoms with Gasteiger partial charge in [-0.1, -0.05) is 6.92 Å². The quantitative estimate of drug-likeness (QED) is 0.791. The second-order valence-corrected chi connectivity index (χ2v) is 3.52. The van der Waals surface area contributed by atoms with Crippen LogP contribution in [0.2, 0.25) is 0 Å². The first-order valence-electron chi connectivity index (χ1n) is 4.90. The van der Waals surface area contributed by atoms with Crippen LogP contribution in [0, 0.1) is 6.92 Å². The van der Waals surface area contributed by atoms with Crippen LogP contribution in [-0.2, 0) is 0 Å². The fourth-order valence-corrected chi connectivity index (χ4v) is 1.21. The van der Waals surface area contributed by atoms with Crippen molar-refractivity contribution in [3.8, 4) is 0 Å². The predicted molar refractivity (Wildman–Crippen MR) is 59.9 cm³/mol. The molecule has 0 radical (unpaired) electrons. The van der Waals surface area contributed by atoms with Gasteiger partial charge in [0.2, 0.25) is 5.95 Å². The number of aryl methyl sites for hydroxylation is 1. The first kappa shape index (κ1) is 10.8. The molecule has 1 aromatic rings. The molecular weight excluding hydrogens is 176 g/mol. The smallest absolute Gasteiger partial charge is 0.224 e. The minimum atomic E-state index is 0.709. The lowest BCUT2D eigenvalue weighted by molar-refractivity contribution is 0.939. The lowest BCUT2D eigenvalue weighted by Gasteiger charge is -2.14. The van der Waals surface area contributed by atoms with Gasteiger partial charge in [-0.2, -0.15) is 4.98 Å². The predicted octanol–water partition coefficient (Wildman–Crippen LogP) is 1.67. The first-order chi connectivity index (χ1) is 6.65. The fourth-order valence-electron chi connectivity index (χ4n) is 1.21. The lowest BCUT2D eigenvalue weighted by atomic mass is 10.3. The van der Waals surface area contributed by atoms with Gasteiger partial charge in [0.1, 0.15) is 5.82 Å². The Morgan fingerprint density at radius 1 is 1.43 bits per heavy atom. The molecule has 0 saturated heterocycles.